The van der Waals surface area contributed by atoms with Crippen LogP contribution in [0.5, 0.6) is 0 Å². The second-order valence-electron chi connectivity index (χ2n) is 5.10. The van der Waals surface area contributed by atoms with Crippen molar-refractivity contribution in [1.82, 2.24) is 0 Å². The van der Waals surface area contributed by atoms with Gasteiger partial charge in [0.25, 0.3) is 0 Å². The van der Waals surface area contributed by atoms with Crippen molar-refractivity contribution in [3.8, 4) is 0 Å². The number of benzene rings is 2. The quantitative estimate of drug-likeness (QED) is 0.503. The lowest BCUT2D eigenvalue weighted by Crippen LogP contribution is -2.22. The standard InChI is InChI=1S/C15H18N2S2/c1-15(2,9-5-3-7-11(18)13(9)16)10-6-4-8-12(19)14(10)17/h3-8,18-19H,16-17H2,1-2H3. The molecule has 19 heavy (non-hydrogen) atoms. The molecule has 0 aromatic heterocycles. The van der Waals surface area contributed by atoms with Crippen LogP contribution in [-0.4, -0.2) is 0 Å². The zero-order chi connectivity index (χ0) is 14.2. The number of nitrogens with two attached hydrogens (primary N) is 2. The van der Waals surface area contributed by atoms with Crippen molar-refractivity contribution in [2.24, 2.45) is 0 Å². The van der Waals surface area contributed by atoms with E-state index in [1.54, 1.807) is 0 Å². The average molecular weight is 290 g/mol. The number of para-hydroxylation sites is 2. The van der Waals surface area contributed by atoms with Crippen LogP contribution >= 0.6 is 25.3 Å². The molecule has 0 unspecified atom stereocenters. The molecule has 0 saturated carbocycles. The predicted octanol–water partition coefficient (Wildman–Crippen LogP) is 3.75. The molecule has 0 amide bonds. The molecule has 2 aromatic carbocycles. The third kappa shape index (κ3) is 2.42. The Bertz CT molecular complexity index is 568. The van der Waals surface area contributed by atoms with E-state index < -0.39 is 0 Å². The zero-order valence-electron chi connectivity index (χ0n) is 11.0. The van der Waals surface area contributed by atoms with Gasteiger partial charge in [0.2, 0.25) is 0 Å². The van der Waals surface area contributed by atoms with Crippen molar-refractivity contribution in [1.29, 1.82) is 0 Å². The summed E-state index contributed by atoms with van der Waals surface area (Å²) in [6.07, 6.45) is 0. The number of thiol groups is 2. The van der Waals surface area contributed by atoms with E-state index in [-0.39, 0.29) is 5.41 Å². The average Bonchev–Trinajstić information content (AvgIpc) is 2.35. The Morgan fingerprint density at radius 1 is 0.789 bits per heavy atom. The highest BCUT2D eigenvalue weighted by atomic mass is 32.1. The van der Waals surface area contributed by atoms with Gasteiger partial charge in [-0.3, -0.25) is 0 Å². The van der Waals surface area contributed by atoms with Crippen LogP contribution in [0, 0.1) is 0 Å². The van der Waals surface area contributed by atoms with E-state index in [1.807, 2.05) is 36.4 Å². The van der Waals surface area contributed by atoms with Gasteiger partial charge in [0.1, 0.15) is 0 Å². The molecule has 4 N–H and O–H groups in total. The minimum absolute atomic E-state index is 0.300. The molecule has 4 heteroatoms. The fraction of sp³-hybridized carbons (Fsp3) is 0.200. The van der Waals surface area contributed by atoms with Crippen molar-refractivity contribution < 1.29 is 0 Å². The smallest absolute Gasteiger partial charge is 0.0491 e. The molecule has 0 fully saturated rings. The van der Waals surface area contributed by atoms with Crippen molar-refractivity contribution >= 4 is 36.6 Å². The lowest BCUT2D eigenvalue weighted by Gasteiger charge is -2.29. The number of hydrogen-bond donors (Lipinski definition) is 4. The molecule has 0 heterocycles. The highest BCUT2D eigenvalue weighted by molar-refractivity contribution is 7.80. The Morgan fingerprint density at radius 3 is 1.53 bits per heavy atom. The Hall–Kier alpha value is -1.26. The Kier molecular flexibility index (Phi) is 3.74. The van der Waals surface area contributed by atoms with Crippen molar-refractivity contribution in [3.05, 3.63) is 47.5 Å². The summed E-state index contributed by atoms with van der Waals surface area (Å²) in [5.41, 5.74) is 15.4. The molecule has 0 bridgehead atoms. The minimum Gasteiger partial charge on any atom is -0.398 e. The number of anilines is 2. The van der Waals surface area contributed by atoms with Gasteiger partial charge in [0.15, 0.2) is 0 Å². The van der Waals surface area contributed by atoms with Gasteiger partial charge in [-0.2, -0.15) is 0 Å². The molecule has 0 saturated heterocycles. The van der Waals surface area contributed by atoms with Crippen LogP contribution in [0.15, 0.2) is 46.2 Å². The van der Waals surface area contributed by atoms with Crippen LogP contribution in [0.2, 0.25) is 0 Å². The second-order valence-corrected chi connectivity index (χ2v) is 6.07. The van der Waals surface area contributed by atoms with Gasteiger partial charge in [-0.1, -0.05) is 38.1 Å². The van der Waals surface area contributed by atoms with E-state index in [0.29, 0.717) is 11.4 Å². The van der Waals surface area contributed by atoms with E-state index in [4.69, 9.17) is 11.5 Å². The molecule has 2 aromatic rings. The van der Waals surface area contributed by atoms with E-state index in [1.165, 1.54) is 0 Å². The fourth-order valence-corrected chi connectivity index (χ4v) is 2.75. The van der Waals surface area contributed by atoms with Gasteiger partial charge < -0.3 is 11.5 Å². The second kappa shape index (κ2) is 5.02. The van der Waals surface area contributed by atoms with E-state index in [0.717, 1.165) is 20.9 Å². The summed E-state index contributed by atoms with van der Waals surface area (Å²) in [5, 5.41) is 0. The first-order valence-electron chi connectivity index (χ1n) is 6.01. The normalized spacial score (nSPS) is 11.6. The van der Waals surface area contributed by atoms with E-state index >= 15 is 0 Å². The van der Waals surface area contributed by atoms with Crippen LogP contribution < -0.4 is 11.5 Å². The largest absolute Gasteiger partial charge is 0.398 e. The van der Waals surface area contributed by atoms with Gasteiger partial charge in [-0.25, -0.2) is 0 Å². The Morgan fingerprint density at radius 2 is 1.16 bits per heavy atom. The highest BCUT2D eigenvalue weighted by Crippen LogP contribution is 2.40. The summed E-state index contributed by atoms with van der Waals surface area (Å²) in [7, 11) is 0. The topological polar surface area (TPSA) is 52.0 Å². The third-order valence-electron chi connectivity index (χ3n) is 3.51. The first kappa shape index (κ1) is 14.2. The first-order chi connectivity index (χ1) is 8.85. The summed E-state index contributed by atoms with van der Waals surface area (Å²) in [5.74, 6) is 0. The number of nitrogen functional groups attached to an aromatic ring is 2. The van der Waals surface area contributed by atoms with Crippen LogP contribution in [0.25, 0.3) is 0 Å². The van der Waals surface area contributed by atoms with Gasteiger partial charge in [-0.15, -0.1) is 25.3 Å². The third-order valence-corrected chi connectivity index (χ3v) is 4.29. The summed E-state index contributed by atoms with van der Waals surface area (Å²) < 4.78 is 0. The molecule has 2 rings (SSSR count). The van der Waals surface area contributed by atoms with Crippen LogP contribution in [0.1, 0.15) is 25.0 Å². The molecule has 100 valence electrons. The zero-order valence-corrected chi connectivity index (χ0v) is 12.8. The van der Waals surface area contributed by atoms with E-state index in [2.05, 4.69) is 39.1 Å². The predicted molar refractivity (Wildman–Crippen MR) is 88.3 cm³/mol. The van der Waals surface area contributed by atoms with Crippen molar-refractivity contribution in [2.45, 2.75) is 29.1 Å². The molecule has 0 radical (unpaired) electrons. The molecule has 0 aliphatic carbocycles. The number of hydrogen-bond acceptors (Lipinski definition) is 4. The fourth-order valence-electron chi connectivity index (χ4n) is 2.34. The van der Waals surface area contributed by atoms with E-state index in [9.17, 15) is 0 Å². The summed E-state index contributed by atoms with van der Waals surface area (Å²) in [6, 6.07) is 11.7. The molecule has 2 nitrogen and oxygen atoms in total. The summed E-state index contributed by atoms with van der Waals surface area (Å²) >= 11 is 8.77. The monoisotopic (exact) mass is 290 g/mol. The SMILES string of the molecule is CC(C)(c1cccc(S)c1N)c1cccc(S)c1N. The van der Waals surface area contributed by atoms with Gasteiger partial charge in [-0.05, 0) is 23.3 Å². The Balaban J connectivity index is 2.65. The lowest BCUT2D eigenvalue weighted by molar-refractivity contribution is 0.643. The van der Waals surface area contributed by atoms with Crippen LogP contribution in [0.3, 0.4) is 0 Å². The van der Waals surface area contributed by atoms with Gasteiger partial charge in [0, 0.05) is 26.6 Å². The van der Waals surface area contributed by atoms with Crippen molar-refractivity contribution in [3.63, 3.8) is 0 Å². The number of rotatable bonds is 2. The van der Waals surface area contributed by atoms with Crippen molar-refractivity contribution in [2.75, 3.05) is 11.5 Å². The molecular weight excluding hydrogens is 272 g/mol. The molecule has 0 spiro atoms. The van der Waals surface area contributed by atoms with Crippen LogP contribution in [-0.2, 0) is 5.41 Å². The first-order valence-corrected chi connectivity index (χ1v) is 6.91. The molecule has 0 aliphatic heterocycles. The summed E-state index contributed by atoms with van der Waals surface area (Å²) in [4.78, 5) is 1.57. The maximum Gasteiger partial charge on any atom is 0.0491 e. The van der Waals surface area contributed by atoms with Gasteiger partial charge in [0.05, 0.1) is 0 Å². The molecular formula is C15H18N2S2. The van der Waals surface area contributed by atoms with Gasteiger partial charge >= 0.3 is 0 Å². The maximum absolute atomic E-state index is 6.16. The summed E-state index contributed by atoms with van der Waals surface area (Å²) in [6.45, 7) is 4.20. The Labute approximate surface area is 125 Å². The molecule has 0 aliphatic rings. The minimum atomic E-state index is -0.300. The molecule has 0 atom stereocenters. The van der Waals surface area contributed by atoms with Crippen LogP contribution in [0.4, 0.5) is 11.4 Å². The maximum atomic E-state index is 6.16. The lowest BCUT2D eigenvalue weighted by atomic mass is 9.76. The highest BCUT2D eigenvalue weighted by Gasteiger charge is 2.28.